The third kappa shape index (κ3) is 3.15. The molecule has 0 amide bonds. The zero-order valence-corrected chi connectivity index (χ0v) is 9.18. The summed E-state index contributed by atoms with van der Waals surface area (Å²) in [6.45, 7) is 7.55. The molecule has 0 fully saturated rings. The van der Waals surface area contributed by atoms with E-state index in [1.165, 1.54) is 6.07 Å². The van der Waals surface area contributed by atoms with Gasteiger partial charge in [-0.15, -0.1) is 6.58 Å². The molecular formula is C12H17FN2. The number of hydrogen-bond acceptors (Lipinski definition) is 2. The maximum absolute atomic E-state index is 13.6. The molecule has 2 nitrogen and oxygen atoms in total. The number of halogens is 1. The Bertz CT molecular complexity index is 361. The van der Waals surface area contributed by atoms with Gasteiger partial charge in [-0.2, -0.15) is 0 Å². The molecule has 0 aliphatic heterocycles. The van der Waals surface area contributed by atoms with Gasteiger partial charge in [0.1, 0.15) is 5.82 Å². The summed E-state index contributed by atoms with van der Waals surface area (Å²) in [5.41, 5.74) is 5.07. The molecule has 0 aliphatic rings. The van der Waals surface area contributed by atoms with Gasteiger partial charge in [-0.05, 0) is 31.9 Å². The van der Waals surface area contributed by atoms with Crippen LogP contribution in [0.2, 0.25) is 0 Å². The van der Waals surface area contributed by atoms with Gasteiger partial charge in [0.15, 0.2) is 0 Å². The Morgan fingerprint density at radius 3 is 2.73 bits per heavy atom. The van der Waals surface area contributed by atoms with E-state index in [0.717, 1.165) is 11.1 Å². The maximum Gasteiger partial charge on any atom is 0.128 e. The fourth-order valence-corrected chi connectivity index (χ4v) is 1.52. The van der Waals surface area contributed by atoms with Gasteiger partial charge in [0.05, 0.1) is 6.04 Å². The minimum Gasteiger partial charge on any atom is -0.271 e. The molecule has 3 heteroatoms. The normalized spacial score (nSPS) is 12.5. The second kappa shape index (κ2) is 5.05. The molecular weight excluding hydrogens is 191 g/mol. The minimum atomic E-state index is -0.223. The highest BCUT2D eigenvalue weighted by molar-refractivity contribution is 5.26. The third-order valence-electron chi connectivity index (χ3n) is 2.29. The first-order valence-electron chi connectivity index (χ1n) is 4.91. The van der Waals surface area contributed by atoms with Gasteiger partial charge in [-0.25, -0.2) is 4.39 Å². The van der Waals surface area contributed by atoms with Crippen molar-refractivity contribution in [2.24, 2.45) is 5.84 Å². The summed E-state index contributed by atoms with van der Waals surface area (Å²) in [4.78, 5) is 0. The zero-order chi connectivity index (χ0) is 11.4. The molecule has 82 valence electrons. The van der Waals surface area contributed by atoms with Crippen molar-refractivity contribution in [1.29, 1.82) is 0 Å². The first-order chi connectivity index (χ1) is 7.04. The van der Waals surface area contributed by atoms with E-state index in [4.69, 9.17) is 5.84 Å². The fourth-order valence-electron chi connectivity index (χ4n) is 1.52. The van der Waals surface area contributed by atoms with Crippen molar-refractivity contribution < 1.29 is 4.39 Å². The smallest absolute Gasteiger partial charge is 0.128 e. The first-order valence-corrected chi connectivity index (χ1v) is 4.91. The quantitative estimate of drug-likeness (QED) is 0.453. The van der Waals surface area contributed by atoms with Crippen LogP contribution in [-0.4, -0.2) is 0 Å². The lowest BCUT2D eigenvalue weighted by molar-refractivity contribution is 0.509. The van der Waals surface area contributed by atoms with Crippen molar-refractivity contribution in [2.45, 2.75) is 26.3 Å². The fraction of sp³-hybridized carbons (Fsp3) is 0.333. The van der Waals surface area contributed by atoms with Crippen LogP contribution in [0.4, 0.5) is 4.39 Å². The van der Waals surface area contributed by atoms with E-state index in [0.29, 0.717) is 12.0 Å². The standard InChI is InChI=1S/C12H17FN2/c1-8(2)6-12(15-14)10-5-4-9(3)7-11(10)13/h4-5,7,12,15H,1,6,14H2,2-3H3. The van der Waals surface area contributed by atoms with E-state index >= 15 is 0 Å². The lowest BCUT2D eigenvalue weighted by atomic mass is 9.99. The van der Waals surface area contributed by atoms with Crippen molar-refractivity contribution in [3.05, 3.63) is 47.3 Å². The van der Waals surface area contributed by atoms with Crippen molar-refractivity contribution in [3.63, 3.8) is 0 Å². The molecule has 1 unspecified atom stereocenters. The van der Waals surface area contributed by atoms with Crippen LogP contribution in [-0.2, 0) is 0 Å². The Morgan fingerprint density at radius 1 is 1.60 bits per heavy atom. The van der Waals surface area contributed by atoms with Crippen LogP contribution in [0.1, 0.15) is 30.5 Å². The van der Waals surface area contributed by atoms with E-state index in [9.17, 15) is 4.39 Å². The molecule has 0 aliphatic carbocycles. The molecule has 0 heterocycles. The number of benzene rings is 1. The second-order valence-electron chi connectivity index (χ2n) is 3.91. The van der Waals surface area contributed by atoms with Crippen LogP contribution < -0.4 is 11.3 Å². The van der Waals surface area contributed by atoms with Crippen LogP contribution >= 0.6 is 0 Å². The number of hydrogen-bond donors (Lipinski definition) is 2. The van der Waals surface area contributed by atoms with Gasteiger partial charge in [0.25, 0.3) is 0 Å². The van der Waals surface area contributed by atoms with Gasteiger partial charge in [0, 0.05) is 5.56 Å². The van der Waals surface area contributed by atoms with E-state index in [1.54, 1.807) is 6.07 Å². The van der Waals surface area contributed by atoms with Crippen molar-refractivity contribution in [2.75, 3.05) is 0 Å². The Hall–Kier alpha value is -1.19. The first kappa shape index (κ1) is 11.9. The van der Waals surface area contributed by atoms with Gasteiger partial charge in [-0.3, -0.25) is 11.3 Å². The molecule has 1 aromatic carbocycles. The SMILES string of the molecule is C=C(C)CC(NN)c1ccc(C)cc1F. The molecule has 0 saturated heterocycles. The van der Waals surface area contributed by atoms with Gasteiger partial charge in [0.2, 0.25) is 0 Å². The van der Waals surface area contributed by atoms with Crippen molar-refractivity contribution in [1.82, 2.24) is 5.43 Å². The predicted octanol–water partition coefficient (Wildman–Crippen LogP) is 2.60. The number of nitrogens with two attached hydrogens (primary N) is 1. The Balaban J connectivity index is 2.96. The third-order valence-corrected chi connectivity index (χ3v) is 2.29. The highest BCUT2D eigenvalue weighted by Gasteiger charge is 2.14. The van der Waals surface area contributed by atoms with Gasteiger partial charge < -0.3 is 0 Å². The van der Waals surface area contributed by atoms with Crippen molar-refractivity contribution >= 4 is 0 Å². The number of hydrazine groups is 1. The lowest BCUT2D eigenvalue weighted by Gasteiger charge is -2.17. The average molecular weight is 208 g/mol. The molecule has 0 saturated carbocycles. The van der Waals surface area contributed by atoms with Crippen LogP contribution in [0.5, 0.6) is 0 Å². The van der Waals surface area contributed by atoms with Crippen molar-refractivity contribution in [3.8, 4) is 0 Å². The minimum absolute atomic E-state index is 0.205. The summed E-state index contributed by atoms with van der Waals surface area (Å²) < 4.78 is 13.6. The highest BCUT2D eigenvalue weighted by Crippen LogP contribution is 2.22. The van der Waals surface area contributed by atoms with E-state index in [2.05, 4.69) is 12.0 Å². The number of aryl methyl sites for hydroxylation is 1. The summed E-state index contributed by atoms with van der Waals surface area (Å²) in [7, 11) is 0. The second-order valence-corrected chi connectivity index (χ2v) is 3.91. The summed E-state index contributed by atoms with van der Waals surface area (Å²) in [5, 5.41) is 0. The van der Waals surface area contributed by atoms with Gasteiger partial charge >= 0.3 is 0 Å². The number of rotatable bonds is 4. The van der Waals surface area contributed by atoms with Crippen LogP contribution in [0, 0.1) is 12.7 Å². The molecule has 1 atom stereocenters. The molecule has 15 heavy (non-hydrogen) atoms. The molecule has 0 spiro atoms. The largest absolute Gasteiger partial charge is 0.271 e. The zero-order valence-electron chi connectivity index (χ0n) is 9.18. The molecule has 3 N–H and O–H groups in total. The maximum atomic E-state index is 13.6. The highest BCUT2D eigenvalue weighted by atomic mass is 19.1. The summed E-state index contributed by atoms with van der Waals surface area (Å²) >= 11 is 0. The molecule has 0 bridgehead atoms. The van der Waals surface area contributed by atoms with Crippen LogP contribution in [0.25, 0.3) is 0 Å². The topological polar surface area (TPSA) is 38.0 Å². The van der Waals surface area contributed by atoms with E-state index in [-0.39, 0.29) is 11.9 Å². The average Bonchev–Trinajstić information content (AvgIpc) is 2.14. The van der Waals surface area contributed by atoms with Crippen LogP contribution in [0.3, 0.4) is 0 Å². The molecule has 1 rings (SSSR count). The predicted molar refractivity (Wildman–Crippen MR) is 60.6 cm³/mol. The monoisotopic (exact) mass is 208 g/mol. The Morgan fingerprint density at radius 2 is 2.27 bits per heavy atom. The molecule has 0 aromatic heterocycles. The Kier molecular flexibility index (Phi) is 4.00. The summed E-state index contributed by atoms with van der Waals surface area (Å²) in [5.74, 6) is 5.18. The Labute approximate surface area is 90.0 Å². The van der Waals surface area contributed by atoms with Crippen LogP contribution in [0.15, 0.2) is 30.4 Å². The van der Waals surface area contributed by atoms with Gasteiger partial charge in [-0.1, -0.05) is 17.7 Å². The van der Waals surface area contributed by atoms with E-state index in [1.807, 2.05) is 19.9 Å². The van der Waals surface area contributed by atoms with E-state index < -0.39 is 0 Å². The molecule has 1 aromatic rings. The summed E-state index contributed by atoms with van der Waals surface area (Å²) in [6.07, 6.45) is 0.635. The summed E-state index contributed by atoms with van der Waals surface area (Å²) in [6, 6.07) is 4.94. The molecule has 0 radical (unpaired) electrons. The lowest BCUT2D eigenvalue weighted by Crippen LogP contribution is -2.28. The number of nitrogens with one attached hydrogen (secondary N) is 1.